The maximum atomic E-state index is 14.1. The summed E-state index contributed by atoms with van der Waals surface area (Å²) in [5.41, 5.74) is -3.26. The van der Waals surface area contributed by atoms with Crippen LogP contribution < -0.4 is 4.74 Å². The molecule has 1 aromatic carbocycles. The highest BCUT2D eigenvalue weighted by atomic mass is 19.4. The molecule has 8 heteroatoms. The first-order valence-electron chi connectivity index (χ1n) is 9.80. The van der Waals surface area contributed by atoms with Crippen molar-refractivity contribution in [2.45, 2.75) is 58.4 Å². The Hall–Kier alpha value is -2.09. The smallest absolute Gasteiger partial charge is 0.439 e. The van der Waals surface area contributed by atoms with Gasteiger partial charge in [-0.3, -0.25) is 4.79 Å². The van der Waals surface area contributed by atoms with Crippen LogP contribution in [0.1, 0.15) is 56.8 Å². The minimum atomic E-state index is -5.04. The van der Waals surface area contributed by atoms with Crippen molar-refractivity contribution in [3.8, 4) is 5.75 Å². The molecule has 3 rings (SSSR count). The lowest BCUT2D eigenvalue weighted by atomic mass is 9.64. The van der Waals surface area contributed by atoms with E-state index in [4.69, 9.17) is 4.74 Å². The van der Waals surface area contributed by atoms with E-state index >= 15 is 0 Å². The molecule has 2 aliphatic rings. The number of aliphatic hydroxyl groups is 1. The molecule has 5 nitrogen and oxygen atoms in total. The number of methoxy groups -OCH3 is 1. The number of ether oxygens (including phenoxy) is 1. The van der Waals surface area contributed by atoms with E-state index in [1.807, 2.05) is 20.8 Å². The topological polar surface area (TPSA) is 62.1 Å². The number of halogens is 3. The maximum absolute atomic E-state index is 14.1. The third-order valence-corrected chi connectivity index (χ3v) is 6.67. The van der Waals surface area contributed by atoms with E-state index in [9.17, 15) is 23.1 Å². The van der Waals surface area contributed by atoms with Gasteiger partial charge in [-0.1, -0.05) is 27.2 Å². The van der Waals surface area contributed by atoms with E-state index in [1.54, 1.807) is 0 Å². The van der Waals surface area contributed by atoms with Crippen LogP contribution in [0.3, 0.4) is 0 Å². The Morgan fingerprint density at radius 1 is 1.31 bits per heavy atom. The molecular weight excluding hydrogens is 385 g/mol. The first-order chi connectivity index (χ1) is 13.5. The zero-order valence-corrected chi connectivity index (χ0v) is 17.1. The number of rotatable bonds is 4. The molecule has 29 heavy (non-hydrogen) atoms. The Morgan fingerprint density at radius 3 is 2.45 bits per heavy atom. The zero-order valence-electron chi connectivity index (χ0n) is 17.1. The predicted octanol–water partition coefficient (Wildman–Crippen LogP) is 4.61. The lowest BCUT2D eigenvalue weighted by Crippen LogP contribution is -2.62. The van der Waals surface area contributed by atoms with Crippen molar-refractivity contribution in [2.75, 3.05) is 7.11 Å². The highest BCUT2D eigenvalue weighted by Gasteiger charge is 2.69. The van der Waals surface area contributed by atoms with Gasteiger partial charge in [-0.25, -0.2) is 0 Å². The van der Waals surface area contributed by atoms with Crippen LogP contribution in [-0.4, -0.2) is 40.7 Å². The van der Waals surface area contributed by atoms with Crippen molar-refractivity contribution in [3.05, 3.63) is 29.8 Å². The summed E-state index contributed by atoms with van der Waals surface area (Å²) in [5.74, 6) is -1.77. The molecule has 0 unspecified atom stereocenters. The van der Waals surface area contributed by atoms with Crippen molar-refractivity contribution in [2.24, 2.45) is 22.4 Å². The molecule has 1 fully saturated rings. The summed E-state index contributed by atoms with van der Waals surface area (Å²) in [7, 11) is 1.45. The normalized spacial score (nSPS) is 27.4. The number of hydrogen-bond donors (Lipinski definition) is 1. The number of nitrogens with zero attached hydrogens (tertiary/aromatic N) is 2. The van der Waals surface area contributed by atoms with E-state index in [-0.39, 0.29) is 34.0 Å². The second-order valence-corrected chi connectivity index (χ2v) is 8.53. The SMILES string of the molecule is CCC(C)(C)[C@@H]1CCC2=NN(C(=O)c3ccc(OC)cc3)[C@@](O)(C(F)(F)F)[C@@H]2C1. The maximum Gasteiger partial charge on any atom is 0.439 e. The van der Waals surface area contributed by atoms with Crippen LogP contribution in [0.4, 0.5) is 13.2 Å². The van der Waals surface area contributed by atoms with Gasteiger partial charge in [0, 0.05) is 11.3 Å². The first-order valence-corrected chi connectivity index (χ1v) is 9.80. The van der Waals surface area contributed by atoms with Gasteiger partial charge in [-0.2, -0.15) is 23.3 Å². The van der Waals surface area contributed by atoms with Gasteiger partial charge in [0.1, 0.15) is 5.75 Å². The van der Waals surface area contributed by atoms with Crippen molar-refractivity contribution >= 4 is 11.6 Å². The van der Waals surface area contributed by atoms with Crippen molar-refractivity contribution in [3.63, 3.8) is 0 Å². The number of amides is 1. The van der Waals surface area contributed by atoms with E-state index in [1.165, 1.54) is 31.4 Å². The molecule has 1 saturated carbocycles. The molecule has 1 aromatic rings. The number of hydrogen-bond acceptors (Lipinski definition) is 4. The molecule has 0 spiro atoms. The Kier molecular flexibility index (Phi) is 5.45. The van der Waals surface area contributed by atoms with E-state index in [0.29, 0.717) is 18.6 Å². The molecule has 1 amide bonds. The fourth-order valence-electron chi connectivity index (χ4n) is 4.28. The highest BCUT2D eigenvalue weighted by Crippen LogP contribution is 2.52. The lowest BCUT2D eigenvalue weighted by Gasteiger charge is -2.43. The Labute approximate surface area is 168 Å². The van der Waals surface area contributed by atoms with Crippen LogP contribution >= 0.6 is 0 Å². The molecule has 0 radical (unpaired) electrons. The monoisotopic (exact) mass is 412 g/mol. The molecule has 1 N–H and O–H groups in total. The molecule has 160 valence electrons. The lowest BCUT2D eigenvalue weighted by molar-refractivity contribution is -0.314. The van der Waals surface area contributed by atoms with Gasteiger partial charge in [0.05, 0.1) is 13.0 Å². The average molecular weight is 412 g/mol. The quantitative estimate of drug-likeness (QED) is 0.786. The Balaban J connectivity index is 1.98. The third kappa shape index (κ3) is 3.52. The first kappa shape index (κ1) is 21.6. The molecule has 1 aliphatic carbocycles. The number of alkyl halides is 3. The van der Waals surface area contributed by atoms with Crippen LogP contribution in [0, 0.1) is 17.3 Å². The second-order valence-electron chi connectivity index (χ2n) is 8.53. The fraction of sp³-hybridized carbons (Fsp3) is 0.619. The highest BCUT2D eigenvalue weighted by molar-refractivity contribution is 5.99. The van der Waals surface area contributed by atoms with E-state index in [0.717, 1.165) is 6.42 Å². The summed E-state index contributed by atoms with van der Waals surface area (Å²) >= 11 is 0. The van der Waals surface area contributed by atoms with Gasteiger partial charge in [0.2, 0.25) is 0 Å². The molecule has 1 aliphatic heterocycles. The van der Waals surface area contributed by atoms with Crippen LogP contribution in [-0.2, 0) is 0 Å². The summed E-state index contributed by atoms with van der Waals surface area (Å²) in [6.07, 6.45) is -3.06. The molecule has 1 heterocycles. The van der Waals surface area contributed by atoms with E-state index in [2.05, 4.69) is 5.10 Å². The third-order valence-electron chi connectivity index (χ3n) is 6.67. The summed E-state index contributed by atoms with van der Waals surface area (Å²) in [6.45, 7) is 6.07. The number of hydrazone groups is 1. The molecule has 0 bridgehead atoms. The van der Waals surface area contributed by atoms with Crippen LogP contribution in [0.25, 0.3) is 0 Å². The second kappa shape index (κ2) is 7.31. The van der Waals surface area contributed by atoms with Gasteiger partial charge in [-0.15, -0.1) is 0 Å². The Bertz CT molecular complexity index is 804. The number of benzene rings is 1. The fourth-order valence-corrected chi connectivity index (χ4v) is 4.28. The summed E-state index contributed by atoms with van der Waals surface area (Å²) < 4.78 is 47.4. The zero-order chi connectivity index (χ0) is 21.6. The number of carbonyl (C=O) groups is 1. The predicted molar refractivity (Wildman–Crippen MR) is 103 cm³/mol. The largest absolute Gasteiger partial charge is 0.497 e. The summed E-state index contributed by atoms with van der Waals surface area (Å²) in [4.78, 5) is 12.9. The van der Waals surface area contributed by atoms with E-state index < -0.39 is 23.7 Å². The molecular formula is C21H27F3N2O3. The van der Waals surface area contributed by atoms with Crippen molar-refractivity contribution in [1.82, 2.24) is 5.01 Å². The van der Waals surface area contributed by atoms with Crippen LogP contribution in [0.15, 0.2) is 29.4 Å². The number of carbonyl (C=O) groups excluding carboxylic acids is 1. The van der Waals surface area contributed by atoms with Gasteiger partial charge in [-0.05, 0) is 54.9 Å². The molecule has 3 atom stereocenters. The van der Waals surface area contributed by atoms with Gasteiger partial charge < -0.3 is 9.84 Å². The van der Waals surface area contributed by atoms with Crippen LogP contribution in [0.5, 0.6) is 5.75 Å². The minimum absolute atomic E-state index is 0.00126. The van der Waals surface area contributed by atoms with Crippen LogP contribution in [0.2, 0.25) is 0 Å². The Morgan fingerprint density at radius 2 is 1.93 bits per heavy atom. The average Bonchev–Trinajstić information content (AvgIpc) is 3.01. The standard InChI is InChI=1S/C21H27F3N2O3/c1-5-19(2,3)14-8-11-17-16(12-14)20(28,21(22,23)24)26(25-17)18(27)13-6-9-15(29-4)10-7-13/h6-7,9-10,14,16,28H,5,8,11-12H2,1-4H3/t14-,16-,20+/m1/s1. The summed E-state index contributed by atoms with van der Waals surface area (Å²) in [5, 5.41) is 15.1. The van der Waals surface area contributed by atoms with Gasteiger partial charge in [0.25, 0.3) is 11.6 Å². The van der Waals surface area contributed by atoms with Gasteiger partial charge in [0.15, 0.2) is 0 Å². The van der Waals surface area contributed by atoms with Gasteiger partial charge >= 0.3 is 6.18 Å². The van der Waals surface area contributed by atoms with Crippen molar-refractivity contribution in [1.29, 1.82) is 0 Å². The minimum Gasteiger partial charge on any atom is -0.497 e. The molecule has 0 aromatic heterocycles. The number of fused-ring (bicyclic) bond motifs is 1. The molecule has 0 saturated heterocycles. The van der Waals surface area contributed by atoms with Crippen molar-refractivity contribution < 1.29 is 27.8 Å². The summed E-state index contributed by atoms with van der Waals surface area (Å²) in [6, 6.07) is 5.69.